The average Bonchev–Trinajstić information content (AvgIpc) is 2.25. The van der Waals surface area contributed by atoms with Crippen LogP contribution >= 0.6 is 0 Å². The number of hydrogen-bond donors (Lipinski definition) is 0. The van der Waals surface area contributed by atoms with E-state index in [0.29, 0.717) is 0 Å². The first-order chi connectivity index (χ1) is 8.48. The molecule has 0 amide bonds. The lowest BCUT2D eigenvalue weighted by Gasteiger charge is -2.36. The molecule has 0 aromatic carbocycles. The lowest BCUT2D eigenvalue weighted by atomic mass is 9.97. The van der Waals surface area contributed by atoms with Crippen LogP contribution in [0.25, 0.3) is 0 Å². The minimum atomic E-state index is -7.61. The van der Waals surface area contributed by atoms with Crippen LogP contribution in [0.4, 0.5) is 52.7 Å². The molecule has 1 radical (unpaired) electrons. The van der Waals surface area contributed by atoms with Crippen molar-refractivity contribution in [3.8, 4) is 0 Å². The van der Waals surface area contributed by atoms with E-state index in [1.807, 2.05) is 0 Å². The first kappa shape index (κ1) is 18.9. The van der Waals surface area contributed by atoms with Gasteiger partial charge in [-0.05, 0) is 13.0 Å². The van der Waals surface area contributed by atoms with Crippen molar-refractivity contribution in [2.24, 2.45) is 0 Å². The van der Waals surface area contributed by atoms with Crippen LogP contribution in [0.1, 0.15) is 0 Å². The van der Waals surface area contributed by atoms with Crippen LogP contribution in [0.5, 0.6) is 0 Å². The first-order valence-corrected chi connectivity index (χ1v) is 4.21. The van der Waals surface area contributed by atoms with Crippen molar-refractivity contribution in [1.82, 2.24) is 0 Å². The summed E-state index contributed by atoms with van der Waals surface area (Å²) in [7, 11) is 0. The molecule has 119 valence electrons. The van der Waals surface area contributed by atoms with Crippen molar-refractivity contribution in [3.63, 3.8) is 0 Å². The Morgan fingerprint density at radius 2 is 1.00 bits per heavy atom. The van der Waals surface area contributed by atoms with Gasteiger partial charge in [-0.3, -0.25) is 0 Å². The van der Waals surface area contributed by atoms with Gasteiger partial charge in [0.1, 0.15) is 0 Å². The summed E-state index contributed by atoms with van der Waals surface area (Å²) < 4.78 is 147. The maximum atomic E-state index is 12.7. The Morgan fingerprint density at radius 3 is 1.25 bits per heavy atom. The number of hydrogen-bond acceptors (Lipinski definition) is 0. The van der Waals surface area contributed by atoms with Crippen LogP contribution in [-0.2, 0) is 0 Å². The Balaban J connectivity index is 6.07. The van der Waals surface area contributed by atoms with Crippen molar-refractivity contribution in [2.75, 3.05) is 0 Å². The summed E-state index contributed by atoms with van der Waals surface area (Å²) in [6.45, 7) is 2.15. The smallest absolute Gasteiger partial charge is 0.205 e. The highest BCUT2D eigenvalue weighted by atomic mass is 19.4. The van der Waals surface area contributed by atoms with Gasteiger partial charge in [-0.2, -0.15) is 48.3 Å². The highest BCUT2D eigenvalue weighted by molar-refractivity contribution is 5.17. The average molecular weight is 327 g/mol. The maximum absolute atomic E-state index is 12.7. The van der Waals surface area contributed by atoms with Crippen molar-refractivity contribution in [3.05, 3.63) is 18.8 Å². The molecule has 0 unspecified atom stereocenters. The minimum absolute atomic E-state index is 0.726. The number of allylic oxidation sites excluding steroid dienone is 2. The molecule has 0 nitrogen and oxygen atoms in total. The van der Waals surface area contributed by atoms with Crippen LogP contribution in [0.2, 0.25) is 0 Å². The molecule has 20 heavy (non-hydrogen) atoms. The zero-order valence-corrected chi connectivity index (χ0v) is 8.82. The molecule has 12 heteroatoms. The summed E-state index contributed by atoms with van der Waals surface area (Å²) in [4.78, 5) is 0. The third kappa shape index (κ3) is 2.32. The Labute approximate surface area is 103 Å². The molecule has 0 saturated heterocycles. The number of rotatable bonds is 4. The van der Waals surface area contributed by atoms with Crippen molar-refractivity contribution in [2.45, 2.75) is 29.9 Å². The lowest BCUT2D eigenvalue weighted by molar-refractivity contribution is -0.419. The van der Waals surface area contributed by atoms with Gasteiger partial charge in [0.05, 0.1) is 0 Å². The van der Waals surface area contributed by atoms with Crippen LogP contribution in [0.15, 0.2) is 11.9 Å². The fourth-order valence-electron chi connectivity index (χ4n) is 0.851. The molecule has 0 rings (SSSR count). The third-order valence-electron chi connectivity index (χ3n) is 2.02. The second-order valence-electron chi connectivity index (χ2n) is 3.35. The SMILES string of the molecule is [CH2]/C=C(\F)C(F)(F)C(F)(F)C(F)(F)C(F)(F)C(F)(F)F. The number of alkyl halides is 11. The van der Waals surface area contributed by atoms with E-state index in [4.69, 9.17) is 0 Å². The molecule has 0 aliphatic rings. The zero-order valence-electron chi connectivity index (χ0n) is 8.82. The highest BCUT2D eigenvalue weighted by Crippen LogP contribution is 2.58. The predicted octanol–water partition coefficient (Wildman–Crippen LogP) is 4.78. The van der Waals surface area contributed by atoms with Gasteiger partial charge in [0.2, 0.25) is 0 Å². The summed E-state index contributed by atoms with van der Waals surface area (Å²) in [6.07, 6.45) is -7.99. The molecule has 0 atom stereocenters. The van der Waals surface area contributed by atoms with Crippen LogP contribution < -0.4 is 0 Å². The monoisotopic (exact) mass is 327 g/mol. The van der Waals surface area contributed by atoms with Gasteiger partial charge in [0, 0.05) is 0 Å². The largest absolute Gasteiger partial charge is 0.460 e. The van der Waals surface area contributed by atoms with Gasteiger partial charge in [0.25, 0.3) is 0 Å². The van der Waals surface area contributed by atoms with E-state index in [2.05, 4.69) is 6.92 Å². The maximum Gasteiger partial charge on any atom is 0.460 e. The van der Waals surface area contributed by atoms with Crippen molar-refractivity contribution < 1.29 is 52.7 Å². The van der Waals surface area contributed by atoms with Gasteiger partial charge in [-0.1, -0.05) is 0 Å². The Kier molecular flexibility index (Phi) is 4.46. The fraction of sp³-hybridized carbons (Fsp3) is 0.625. The second-order valence-corrected chi connectivity index (χ2v) is 3.35. The van der Waals surface area contributed by atoms with Gasteiger partial charge >= 0.3 is 29.9 Å². The molecule has 0 aromatic rings. The topological polar surface area (TPSA) is 0 Å². The molecular formula is C8H3F12. The highest BCUT2D eigenvalue weighted by Gasteiger charge is 2.87. The standard InChI is InChI=1S/C8H3F12/c1-2-3(9)4(10,11)5(12,13)6(14,15)7(16,17)8(18,19)20/h2H,1H2/b3-2-. The fourth-order valence-corrected chi connectivity index (χ4v) is 0.851. The summed E-state index contributed by atoms with van der Waals surface area (Å²) >= 11 is 0. The zero-order chi connectivity index (χ0) is 16.8. The quantitative estimate of drug-likeness (QED) is 0.652. The minimum Gasteiger partial charge on any atom is -0.205 e. The van der Waals surface area contributed by atoms with Crippen molar-refractivity contribution >= 4 is 0 Å². The van der Waals surface area contributed by atoms with Gasteiger partial charge < -0.3 is 0 Å². The van der Waals surface area contributed by atoms with Gasteiger partial charge in [0.15, 0.2) is 5.83 Å². The molecule has 0 aliphatic carbocycles. The van der Waals surface area contributed by atoms with Gasteiger partial charge in [-0.25, -0.2) is 4.39 Å². The summed E-state index contributed by atoms with van der Waals surface area (Å²) in [6, 6.07) is 0. The first-order valence-electron chi connectivity index (χ1n) is 4.21. The Morgan fingerprint density at radius 1 is 0.650 bits per heavy atom. The van der Waals surface area contributed by atoms with Gasteiger partial charge in [-0.15, -0.1) is 0 Å². The Hall–Kier alpha value is -1.10. The molecule has 0 bridgehead atoms. The second kappa shape index (κ2) is 4.72. The molecule has 0 aliphatic heterocycles. The van der Waals surface area contributed by atoms with Crippen LogP contribution in [0.3, 0.4) is 0 Å². The van der Waals surface area contributed by atoms with E-state index in [0.717, 1.165) is 0 Å². The van der Waals surface area contributed by atoms with Crippen LogP contribution in [-0.4, -0.2) is 29.9 Å². The van der Waals surface area contributed by atoms with E-state index in [1.165, 1.54) is 0 Å². The summed E-state index contributed by atoms with van der Waals surface area (Å²) in [5.41, 5.74) is 0. The molecule has 0 fully saturated rings. The summed E-state index contributed by atoms with van der Waals surface area (Å²) in [5.74, 6) is -32.5. The van der Waals surface area contributed by atoms with E-state index in [1.54, 1.807) is 0 Å². The lowest BCUT2D eigenvalue weighted by Crippen LogP contribution is -2.66. The van der Waals surface area contributed by atoms with Crippen LogP contribution in [0, 0.1) is 6.92 Å². The van der Waals surface area contributed by atoms with E-state index in [9.17, 15) is 52.7 Å². The summed E-state index contributed by atoms with van der Waals surface area (Å²) in [5, 5.41) is 0. The normalized spacial score (nSPS) is 16.6. The molecule has 0 N–H and O–H groups in total. The van der Waals surface area contributed by atoms with E-state index in [-0.39, 0.29) is 0 Å². The third-order valence-corrected chi connectivity index (χ3v) is 2.02. The Bertz CT molecular complexity index is 387. The predicted molar refractivity (Wildman–Crippen MR) is 40.4 cm³/mol. The molecule has 0 saturated carbocycles. The van der Waals surface area contributed by atoms with E-state index < -0.39 is 41.8 Å². The molecular weight excluding hydrogens is 324 g/mol. The van der Waals surface area contributed by atoms with E-state index >= 15 is 0 Å². The van der Waals surface area contributed by atoms with Crippen molar-refractivity contribution in [1.29, 1.82) is 0 Å². The number of halogens is 12. The molecule has 0 heterocycles. The molecule has 0 spiro atoms. The molecule has 0 aromatic heterocycles.